The smallest absolute Gasteiger partial charge is 0.259 e. The molecule has 2 amide bonds. The van der Waals surface area contributed by atoms with E-state index in [-0.39, 0.29) is 29.0 Å². The molecule has 1 fully saturated rings. The monoisotopic (exact) mass is 497 g/mol. The molecular formula is C29H31N5O3. The number of H-pyrrole nitrogens is 1. The minimum absolute atomic E-state index is 0.0207. The molecule has 5 rings (SSSR count). The van der Waals surface area contributed by atoms with Crippen LogP contribution in [0.2, 0.25) is 0 Å². The van der Waals surface area contributed by atoms with Crippen molar-refractivity contribution in [2.45, 2.75) is 45.2 Å². The molecule has 0 saturated carbocycles. The number of aromatic nitrogens is 3. The summed E-state index contributed by atoms with van der Waals surface area (Å²) < 4.78 is 1.76. The second-order valence-corrected chi connectivity index (χ2v) is 9.83. The SMILES string of the molecule is CC(C)n1cc(C(=O)NCc2ccccc2)c(=O)c(C(=O)N2CCC(c3nc4ccccc4[nH]3)CC2)c1. The number of hydrogen-bond donors (Lipinski definition) is 2. The second-order valence-electron chi connectivity index (χ2n) is 9.83. The van der Waals surface area contributed by atoms with Crippen LogP contribution in [-0.2, 0) is 6.54 Å². The van der Waals surface area contributed by atoms with Gasteiger partial charge in [0.15, 0.2) is 0 Å². The summed E-state index contributed by atoms with van der Waals surface area (Å²) >= 11 is 0. The molecule has 1 aliphatic rings. The van der Waals surface area contributed by atoms with Crippen molar-refractivity contribution in [1.82, 2.24) is 24.8 Å². The van der Waals surface area contributed by atoms with E-state index in [1.54, 1.807) is 15.7 Å². The van der Waals surface area contributed by atoms with Gasteiger partial charge in [0.05, 0.1) is 11.0 Å². The van der Waals surface area contributed by atoms with Gasteiger partial charge in [-0.05, 0) is 44.4 Å². The molecule has 0 unspecified atom stereocenters. The number of carbonyl (C=O) groups excluding carboxylic acids is 2. The summed E-state index contributed by atoms with van der Waals surface area (Å²) in [6.07, 6.45) is 4.62. The standard InChI is InChI=1S/C29H31N5O3/c1-19(2)34-17-22(28(36)30-16-20-8-4-3-5-9-20)26(35)23(18-34)29(37)33-14-12-21(13-15-33)27-31-24-10-6-7-11-25(24)32-27/h3-11,17-19,21H,12-16H2,1-2H3,(H,30,36)(H,31,32). The fourth-order valence-electron chi connectivity index (χ4n) is 4.78. The van der Waals surface area contributed by atoms with Crippen LogP contribution >= 0.6 is 0 Å². The van der Waals surface area contributed by atoms with Crippen molar-refractivity contribution in [2.75, 3.05) is 13.1 Å². The Balaban J connectivity index is 1.33. The minimum Gasteiger partial charge on any atom is -0.350 e. The van der Waals surface area contributed by atoms with Gasteiger partial charge in [-0.1, -0.05) is 42.5 Å². The topological polar surface area (TPSA) is 100 Å². The molecule has 0 atom stereocenters. The zero-order chi connectivity index (χ0) is 25.9. The molecule has 2 N–H and O–H groups in total. The van der Waals surface area contributed by atoms with Gasteiger partial charge in [0, 0.05) is 44.0 Å². The van der Waals surface area contributed by atoms with Crippen LogP contribution in [0.4, 0.5) is 0 Å². The van der Waals surface area contributed by atoms with E-state index in [0.717, 1.165) is 35.3 Å². The van der Waals surface area contributed by atoms with Gasteiger partial charge >= 0.3 is 0 Å². The third-order valence-electron chi connectivity index (χ3n) is 6.99. The van der Waals surface area contributed by atoms with Crippen LogP contribution in [0.15, 0.2) is 71.8 Å². The average Bonchev–Trinajstić information content (AvgIpc) is 3.36. The van der Waals surface area contributed by atoms with Gasteiger partial charge in [-0.25, -0.2) is 4.98 Å². The number of rotatable bonds is 6. The zero-order valence-corrected chi connectivity index (χ0v) is 21.1. The highest BCUT2D eigenvalue weighted by molar-refractivity contribution is 5.99. The van der Waals surface area contributed by atoms with Crippen LogP contribution in [0.5, 0.6) is 0 Å². The fourth-order valence-corrected chi connectivity index (χ4v) is 4.78. The maximum absolute atomic E-state index is 13.5. The number of amides is 2. The van der Waals surface area contributed by atoms with E-state index in [0.29, 0.717) is 19.6 Å². The third-order valence-corrected chi connectivity index (χ3v) is 6.99. The number of nitrogens with one attached hydrogen (secondary N) is 2. The van der Waals surface area contributed by atoms with E-state index in [1.807, 2.05) is 68.4 Å². The van der Waals surface area contributed by atoms with Crippen molar-refractivity contribution in [2.24, 2.45) is 0 Å². The number of pyridine rings is 1. The number of hydrogen-bond acceptors (Lipinski definition) is 4. The lowest BCUT2D eigenvalue weighted by molar-refractivity contribution is 0.0709. The lowest BCUT2D eigenvalue weighted by Gasteiger charge is -2.31. The van der Waals surface area contributed by atoms with Crippen LogP contribution in [0, 0.1) is 0 Å². The number of piperidine rings is 1. The molecule has 2 aromatic carbocycles. The molecule has 4 aromatic rings. The lowest BCUT2D eigenvalue weighted by Crippen LogP contribution is -2.41. The van der Waals surface area contributed by atoms with E-state index in [2.05, 4.69) is 10.3 Å². The van der Waals surface area contributed by atoms with Crippen LogP contribution in [-0.4, -0.2) is 44.3 Å². The fraction of sp³-hybridized carbons (Fsp3) is 0.310. The Bertz CT molecular complexity index is 1450. The van der Waals surface area contributed by atoms with Gasteiger partial charge in [0.2, 0.25) is 5.43 Å². The first kappa shape index (κ1) is 24.5. The van der Waals surface area contributed by atoms with Crippen molar-refractivity contribution in [1.29, 1.82) is 0 Å². The summed E-state index contributed by atoms with van der Waals surface area (Å²) in [5, 5.41) is 2.82. The molecule has 190 valence electrons. The Morgan fingerprint density at radius 2 is 1.68 bits per heavy atom. The van der Waals surface area contributed by atoms with Crippen LogP contribution in [0.1, 0.15) is 70.8 Å². The summed E-state index contributed by atoms with van der Waals surface area (Å²) in [7, 11) is 0. The van der Waals surface area contributed by atoms with Gasteiger partial charge in [-0.3, -0.25) is 14.4 Å². The number of aromatic amines is 1. The Morgan fingerprint density at radius 1 is 1.00 bits per heavy atom. The number of fused-ring (bicyclic) bond motifs is 1. The van der Waals surface area contributed by atoms with Crippen LogP contribution < -0.4 is 10.7 Å². The molecule has 0 radical (unpaired) electrons. The number of benzene rings is 2. The molecule has 0 aliphatic carbocycles. The van der Waals surface area contributed by atoms with Crippen LogP contribution in [0.25, 0.3) is 11.0 Å². The predicted octanol–water partition coefficient (Wildman–Crippen LogP) is 4.26. The van der Waals surface area contributed by atoms with E-state index >= 15 is 0 Å². The van der Waals surface area contributed by atoms with Crippen molar-refractivity contribution in [3.63, 3.8) is 0 Å². The van der Waals surface area contributed by atoms with E-state index in [4.69, 9.17) is 4.98 Å². The third kappa shape index (κ3) is 5.18. The van der Waals surface area contributed by atoms with Crippen molar-refractivity contribution in [3.05, 3.63) is 99.7 Å². The van der Waals surface area contributed by atoms with E-state index in [1.165, 1.54) is 6.20 Å². The Hall–Kier alpha value is -4.20. The summed E-state index contributed by atoms with van der Waals surface area (Å²) in [5.41, 5.74) is 2.35. The van der Waals surface area contributed by atoms with Gasteiger partial charge in [-0.2, -0.15) is 0 Å². The largest absolute Gasteiger partial charge is 0.350 e. The maximum Gasteiger partial charge on any atom is 0.259 e. The first-order valence-electron chi connectivity index (χ1n) is 12.7. The molecule has 1 saturated heterocycles. The zero-order valence-electron chi connectivity index (χ0n) is 21.1. The van der Waals surface area contributed by atoms with Crippen molar-refractivity contribution < 1.29 is 9.59 Å². The molecule has 37 heavy (non-hydrogen) atoms. The number of para-hydroxylation sites is 2. The number of carbonyl (C=O) groups is 2. The number of likely N-dealkylation sites (tertiary alicyclic amines) is 1. The Morgan fingerprint density at radius 3 is 2.38 bits per heavy atom. The lowest BCUT2D eigenvalue weighted by atomic mass is 9.95. The van der Waals surface area contributed by atoms with Gasteiger partial charge in [-0.15, -0.1) is 0 Å². The highest BCUT2D eigenvalue weighted by atomic mass is 16.2. The summed E-state index contributed by atoms with van der Waals surface area (Å²) in [4.78, 5) is 49.6. The molecule has 0 bridgehead atoms. The molecule has 8 nitrogen and oxygen atoms in total. The normalized spacial score (nSPS) is 14.3. The van der Waals surface area contributed by atoms with Crippen molar-refractivity contribution in [3.8, 4) is 0 Å². The predicted molar refractivity (Wildman–Crippen MR) is 143 cm³/mol. The molecule has 8 heteroatoms. The first-order valence-corrected chi connectivity index (χ1v) is 12.7. The van der Waals surface area contributed by atoms with Gasteiger partial charge in [0.1, 0.15) is 17.0 Å². The van der Waals surface area contributed by atoms with Crippen molar-refractivity contribution >= 4 is 22.8 Å². The summed E-state index contributed by atoms with van der Waals surface area (Å²) in [5.74, 6) is 0.341. The molecule has 3 heterocycles. The summed E-state index contributed by atoms with van der Waals surface area (Å²) in [6.45, 7) is 5.24. The van der Waals surface area contributed by atoms with E-state index in [9.17, 15) is 14.4 Å². The number of imidazole rings is 1. The Kier molecular flexibility index (Phi) is 6.90. The van der Waals surface area contributed by atoms with Gasteiger partial charge in [0.25, 0.3) is 11.8 Å². The molecule has 0 spiro atoms. The summed E-state index contributed by atoms with van der Waals surface area (Å²) in [6, 6.07) is 17.4. The number of nitrogens with zero attached hydrogens (tertiary/aromatic N) is 3. The van der Waals surface area contributed by atoms with Crippen LogP contribution in [0.3, 0.4) is 0 Å². The molecular weight excluding hydrogens is 466 g/mol. The minimum atomic E-state index is -0.535. The highest BCUT2D eigenvalue weighted by Crippen LogP contribution is 2.28. The first-order chi connectivity index (χ1) is 17.9. The second kappa shape index (κ2) is 10.4. The highest BCUT2D eigenvalue weighted by Gasteiger charge is 2.29. The maximum atomic E-state index is 13.5. The molecule has 2 aromatic heterocycles. The van der Waals surface area contributed by atoms with E-state index < -0.39 is 11.3 Å². The Labute approximate surface area is 215 Å². The van der Waals surface area contributed by atoms with Gasteiger partial charge < -0.3 is 19.8 Å². The quantitative estimate of drug-likeness (QED) is 0.416. The average molecular weight is 498 g/mol. The molecule has 1 aliphatic heterocycles.